The Morgan fingerprint density at radius 2 is 2.12 bits per heavy atom. The second kappa shape index (κ2) is 2.35. The van der Waals surface area contributed by atoms with Crippen LogP contribution in [0.2, 0.25) is 0 Å². The van der Waals surface area contributed by atoms with Crippen molar-refractivity contribution in [1.29, 1.82) is 0 Å². The van der Waals surface area contributed by atoms with Crippen LogP contribution in [0.15, 0.2) is 0 Å². The molecule has 0 aliphatic rings. The molecule has 0 saturated carbocycles. The van der Waals surface area contributed by atoms with E-state index in [0.29, 0.717) is 22.5 Å². The predicted octanol–water partition coefficient (Wildman–Crippen LogP) is -0.249. The van der Waals surface area contributed by atoms with E-state index in [0.717, 1.165) is 0 Å². The summed E-state index contributed by atoms with van der Waals surface area (Å²) in [4.78, 5) is 5.75. The zero-order valence-electron chi connectivity index (χ0n) is 5.36. The van der Waals surface area contributed by atoms with Gasteiger partial charge in [-0.1, -0.05) is 0 Å². The van der Waals surface area contributed by atoms with Crippen LogP contribution in [0.5, 0.6) is 0 Å². The van der Waals surface area contributed by atoms with Crippen LogP contribution < -0.4 is 3.71 Å². The Hall–Kier alpha value is 0.429. The number of aryl methyl sites for hydroxylation is 2. The van der Waals surface area contributed by atoms with Gasteiger partial charge in [-0.2, -0.15) is 0 Å². The van der Waals surface area contributed by atoms with Gasteiger partial charge >= 0.3 is 66.3 Å². The molecule has 0 spiro atoms. The van der Waals surface area contributed by atoms with E-state index in [9.17, 15) is 0 Å². The van der Waals surface area contributed by atoms with Crippen molar-refractivity contribution in [3.05, 3.63) is 9.88 Å². The minimum atomic E-state index is 0.613. The number of rotatable bonds is 0. The van der Waals surface area contributed by atoms with Gasteiger partial charge in [0.05, 0.1) is 0 Å². The molecule has 1 rings (SSSR count). The Labute approximate surface area is 66.2 Å². The summed E-state index contributed by atoms with van der Waals surface area (Å²) in [5, 5.41) is 1.22. The van der Waals surface area contributed by atoms with Gasteiger partial charge in [0, 0.05) is 0 Å². The molecule has 0 aliphatic carbocycles. The van der Waals surface area contributed by atoms with Gasteiger partial charge in [0.2, 0.25) is 0 Å². The molecular weight excluding hydrogens is 225 g/mol. The fourth-order valence-corrected chi connectivity index (χ4v) is 3.75. The van der Waals surface area contributed by atoms with E-state index in [2.05, 4.69) is 18.8 Å². The Kier molecular flexibility index (Phi) is 1.92. The first kappa shape index (κ1) is 6.55. The average molecular weight is 234 g/mol. The molecular formula is C5H9NSSn. The van der Waals surface area contributed by atoms with Crippen LogP contribution in [0.25, 0.3) is 0 Å². The summed E-state index contributed by atoms with van der Waals surface area (Å²) < 4.78 is 1.38. The van der Waals surface area contributed by atoms with Crippen molar-refractivity contribution in [2.75, 3.05) is 0 Å². The van der Waals surface area contributed by atoms with Gasteiger partial charge in [-0.15, -0.1) is 0 Å². The molecule has 1 aromatic rings. The van der Waals surface area contributed by atoms with E-state index in [1.54, 1.807) is 0 Å². The first-order valence-electron chi connectivity index (χ1n) is 2.61. The molecule has 8 heavy (non-hydrogen) atoms. The van der Waals surface area contributed by atoms with Gasteiger partial charge in [-0.05, 0) is 0 Å². The Balaban J connectivity index is 3.14. The predicted molar refractivity (Wildman–Crippen MR) is 41.2 cm³/mol. The topological polar surface area (TPSA) is 12.9 Å². The molecule has 1 heterocycles. The molecule has 0 aliphatic heterocycles. The summed E-state index contributed by atoms with van der Waals surface area (Å²) >= 11 is 2.42. The summed E-state index contributed by atoms with van der Waals surface area (Å²) in [6, 6.07) is 0. The van der Waals surface area contributed by atoms with E-state index < -0.39 is 0 Å². The van der Waals surface area contributed by atoms with Crippen molar-refractivity contribution >= 4 is 37.6 Å². The molecule has 0 N–H and O–H groups in total. The zero-order chi connectivity index (χ0) is 6.15. The maximum atomic E-state index is 4.32. The van der Waals surface area contributed by atoms with Crippen molar-refractivity contribution in [3.63, 3.8) is 0 Å². The fourth-order valence-electron chi connectivity index (χ4n) is 0.633. The van der Waals surface area contributed by atoms with Crippen LogP contribution in [0.1, 0.15) is 9.88 Å². The Bertz CT molecular complexity index is 175. The first-order valence-corrected chi connectivity index (χ1v) is 6.28. The second-order valence-corrected chi connectivity index (χ2v) is 5.99. The molecule has 1 aromatic heterocycles. The molecule has 0 unspecified atom stereocenters. The SMILES string of the molecule is Cc1n[c]([SnH3])c(C)s1. The maximum absolute atomic E-state index is 4.32. The molecule has 1 nitrogen and oxygen atoms in total. The van der Waals surface area contributed by atoms with Crippen LogP contribution in [0.3, 0.4) is 0 Å². The molecule has 3 heteroatoms. The van der Waals surface area contributed by atoms with Crippen LogP contribution in [-0.4, -0.2) is 27.5 Å². The van der Waals surface area contributed by atoms with Gasteiger partial charge in [0.1, 0.15) is 0 Å². The standard InChI is InChI=1S/C5H6NS.Sn.3H/c1-4-3-6-5(2)7-4;;;;/h1-2H3;;;;. The molecule has 0 atom stereocenters. The summed E-state index contributed by atoms with van der Waals surface area (Å²) in [5.41, 5.74) is 0. The fraction of sp³-hybridized carbons (Fsp3) is 0.400. The number of nitrogens with zero attached hydrogens (tertiary/aromatic N) is 1. The molecule has 0 fully saturated rings. The average Bonchev–Trinajstić information content (AvgIpc) is 1.85. The molecule has 0 bridgehead atoms. The van der Waals surface area contributed by atoms with Crippen molar-refractivity contribution < 1.29 is 0 Å². The van der Waals surface area contributed by atoms with Gasteiger partial charge < -0.3 is 0 Å². The summed E-state index contributed by atoms with van der Waals surface area (Å²) in [6.45, 7) is 4.22. The summed E-state index contributed by atoms with van der Waals surface area (Å²) in [6.07, 6.45) is 0. The van der Waals surface area contributed by atoms with Gasteiger partial charge in [0.25, 0.3) is 0 Å². The van der Waals surface area contributed by atoms with Crippen molar-refractivity contribution in [1.82, 2.24) is 4.98 Å². The van der Waals surface area contributed by atoms with Crippen molar-refractivity contribution in [2.24, 2.45) is 0 Å². The first-order chi connectivity index (χ1) is 3.70. The van der Waals surface area contributed by atoms with E-state index in [1.165, 1.54) is 13.6 Å². The van der Waals surface area contributed by atoms with Gasteiger partial charge in [-0.3, -0.25) is 0 Å². The van der Waals surface area contributed by atoms with E-state index in [-0.39, 0.29) is 0 Å². The van der Waals surface area contributed by atoms with Crippen LogP contribution >= 0.6 is 11.3 Å². The van der Waals surface area contributed by atoms with Crippen LogP contribution in [0, 0.1) is 13.8 Å². The zero-order valence-corrected chi connectivity index (χ0v) is 11.9. The second-order valence-electron chi connectivity index (χ2n) is 1.87. The quantitative estimate of drug-likeness (QED) is 0.564. The number of aromatic nitrogens is 1. The number of thiazole rings is 1. The van der Waals surface area contributed by atoms with Gasteiger partial charge in [0.15, 0.2) is 0 Å². The third kappa shape index (κ3) is 1.23. The van der Waals surface area contributed by atoms with Gasteiger partial charge in [-0.25, -0.2) is 0 Å². The Morgan fingerprint density at radius 1 is 1.50 bits per heavy atom. The summed E-state index contributed by atoms with van der Waals surface area (Å²) in [5.74, 6) is 0. The third-order valence-corrected chi connectivity index (χ3v) is 5.94. The van der Waals surface area contributed by atoms with Crippen LogP contribution in [-0.2, 0) is 0 Å². The number of hydrogen-bond donors (Lipinski definition) is 0. The van der Waals surface area contributed by atoms with Crippen molar-refractivity contribution in [3.8, 4) is 0 Å². The molecule has 44 valence electrons. The number of hydrogen-bond acceptors (Lipinski definition) is 2. The monoisotopic (exact) mass is 235 g/mol. The molecule has 0 radical (unpaired) electrons. The van der Waals surface area contributed by atoms with Crippen LogP contribution in [0.4, 0.5) is 0 Å². The summed E-state index contributed by atoms with van der Waals surface area (Å²) in [7, 11) is 0. The van der Waals surface area contributed by atoms with E-state index >= 15 is 0 Å². The van der Waals surface area contributed by atoms with E-state index in [1.807, 2.05) is 11.3 Å². The molecule has 0 saturated heterocycles. The molecule has 0 aromatic carbocycles. The Morgan fingerprint density at radius 3 is 2.25 bits per heavy atom. The van der Waals surface area contributed by atoms with E-state index in [4.69, 9.17) is 0 Å². The van der Waals surface area contributed by atoms with Crippen molar-refractivity contribution in [2.45, 2.75) is 13.8 Å². The third-order valence-electron chi connectivity index (χ3n) is 1.14. The molecule has 0 amide bonds. The minimum absolute atomic E-state index is 0.613. The normalized spacial score (nSPS) is 10.2.